The fraction of sp³-hybridized carbons (Fsp3) is 0.364. The summed E-state index contributed by atoms with van der Waals surface area (Å²) in [6.07, 6.45) is -3.55. The molecule has 0 spiro atoms. The van der Waals surface area contributed by atoms with Crippen LogP contribution in [0.1, 0.15) is 12.0 Å². The summed E-state index contributed by atoms with van der Waals surface area (Å²) in [4.78, 5) is 8.96. The SMILES string of the molecule is FC(F)(F)c1ccccc1ONC1=NCCCN1. The van der Waals surface area contributed by atoms with Crippen molar-refractivity contribution in [3.05, 3.63) is 29.8 Å². The molecule has 1 aromatic rings. The summed E-state index contributed by atoms with van der Waals surface area (Å²) in [6.45, 7) is 1.34. The van der Waals surface area contributed by atoms with Crippen LogP contribution >= 0.6 is 0 Å². The minimum atomic E-state index is -4.44. The van der Waals surface area contributed by atoms with Crippen molar-refractivity contribution in [2.45, 2.75) is 12.6 Å². The summed E-state index contributed by atoms with van der Waals surface area (Å²) in [6, 6.07) is 5.00. The quantitative estimate of drug-likeness (QED) is 0.798. The van der Waals surface area contributed by atoms with Gasteiger partial charge >= 0.3 is 6.18 Å². The molecule has 0 aliphatic carbocycles. The summed E-state index contributed by atoms with van der Waals surface area (Å²) in [5, 5.41) is 2.88. The Morgan fingerprint density at radius 2 is 2.06 bits per heavy atom. The molecule has 7 heteroatoms. The van der Waals surface area contributed by atoms with Crippen molar-refractivity contribution < 1.29 is 18.0 Å². The van der Waals surface area contributed by atoms with Crippen LogP contribution in [0.4, 0.5) is 13.2 Å². The lowest BCUT2D eigenvalue weighted by Gasteiger charge is -2.18. The van der Waals surface area contributed by atoms with Gasteiger partial charge in [0.2, 0.25) is 5.96 Å². The average molecular weight is 259 g/mol. The Morgan fingerprint density at radius 3 is 2.72 bits per heavy atom. The highest BCUT2D eigenvalue weighted by atomic mass is 19.4. The second-order valence-electron chi connectivity index (χ2n) is 3.71. The standard InChI is InChI=1S/C11H12F3N3O/c12-11(13,14)8-4-1-2-5-9(8)18-17-10-15-6-3-7-16-10/h1-2,4-5H,3,6-7H2,(H2,15,16,17). The Bertz CT molecular complexity index is 445. The van der Waals surface area contributed by atoms with E-state index in [1.165, 1.54) is 18.2 Å². The molecule has 2 rings (SSSR count). The third kappa shape index (κ3) is 3.06. The van der Waals surface area contributed by atoms with Crippen LogP contribution in [-0.4, -0.2) is 19.0 Å². The molecule has 0 radical (unpaired) electrons. The second kappa shape index (κ2) is 5.16. The Hall–Kier alpha value is -1.92. The van der Waals surface area contributed by atoms with Crippen LogP contribution in [0, 0.1) is 0 Å². The van der Waals surface area contributed by atoms with Crippen molar-refractivity contribution in [3.8, 4) is 5.75 Å². The second-order valence-corrected chi connectivity index (χ2v) is 3.71. The fourth-order valence-electron chi connectivity index (χ4n) is 1.49. The van der Waals surface area contributed by atoms with Gasteiger partial charge in [-0.2, -0.15) is 18.7 Å². The molecular weight excluding hydrogens is 247 g/mol. The highest BCUT2D eigenvalue weighted by Gasteiger charge is 2.34. The Morgan fingerprint density at radius 1 is 1.28 bits per heavy atom. The van der Waals surface area contributed by atoms with E-state index in [1.807, 2.05) is 0 Å². The molecule has 18 heavy (non-hydrogen) atoms. The number of hydroxylamine groups is 1. The van der Waals surface area contributed by atoms with Crippen molar-refractivity contribution in [2.75, 3.05) is 13.1 Å². The summed E-state index contributed by atoms with van der Waals surface area (Å²) in [7, 11) is 0. The Balaban J connectivity index is 2.07. The van der Waals surface area contributed by atoms with Gasteiger partial charge in [0, 0.05) is 13.1 Å². The van der Waals surface area contributed by atoms with E-state index < -0.39 is 11.7 Å². The molecule has 0 fully saturated rings. The number of benzene rings is 1. The highest BCUT2D eigenvalue weighted by Crippen LogP contribution is 2.35. The van der Waals surface area contributed by atoms with E-state index in [0.29, 0.717) is 12.5 Å². The zero-order chi connectivity index (χ0) is 13.0. The van der Waals surface area contributed by atoms with Gasteiger partial charge in [0.15, 0.2) is 5.75 Å². The normalized spacial score (nSPS) is 15.6. The van der Waals surface area contributed by atoms with Gasteiger partial charge in [-0.15, -0.1) is 0 Å². The molecule has 0 aromatic heterocycles. The summed E-state index contributed by atoms with van der Waals surface area (Å²) >= 11 is 0. The predicted molar refractivity (Wildman–Crippen MR) is 60.1 cm³/mol. The first-order valence-electron chi connectivity index (χ1n) is 5.45. The molecule has 0 saturated heterocycles. The molecule has 4 nitrogen and oxygen atoms in total. The largest absolute Gasteiger partial charge is 0.420 e. The number of aliphatic imine (C=N–C) groups is 1. The van der Waals surface area contributed by atoms with Crippen LogP contribution < -0.4 is 15.6 Å². The number of para-hydroxylation sites is 1. The Labute approximate surface area is 102 Å². The summed E-state index contributed by atoms with van der Waals surface area (Å²) in [5.74, 6) is 0.0679. The van der Waals surface area contributed by atoms with E-state index in [4.69, 9.17) is 4.84 Å². The minimum absolute atomic E-state index is 0.278. The lowest BCUT2D eigenvalue weighted by Crippen LogP contribution is -2.42. The maximum absolute atomic E-state index is 12.7. The van der Waals surface area contributed by atoms with Crippen LogP contribution in [0.15, 0.2) is 29.3 Å². The molecule has 0 amide bonds. The van der Waals surface area contributed by atoms with Gasteiger partial charge in [0.1, 0.15) is 5.56 Å². The fourth-order valence-corrected chi connectivity index (χ4v) is 1.49. The molecule has 2 N–H and O–H groups in total. The average Bonchev–Trinajstić information content (AvgIpc) is 2.37. The van der Waals surface area contributed by atoms with E-state index in [9.17, 15) is 13.2 Å². The van der Waals surface area contributed by atoms with Gasteiger partial charge in [0.25, 0.3) is 0 Å². The van der Waals surface area contributed by atoms with Gasteiger partial charge in [-0.1, -0.05) is 12.1 Å². The van der Waals surface area contributed by atoms with Gasteiger partial charge in [0.05, 0.1) is 0 Å². The first kappa shape index (κ1) is 12.5. The lowest BCUT2D eigenvalue weighted by molar-refractivity contribution is -0.139. The van der Waals surface area contributed by atoms with Crippen LogP contribution in [0.25, 0.3) is 0 Å². The topological polar surface area (TPSA) is 45.6 Å². The third-order valence-electron chi connectivity index (χ3n) is 2.35. The van der Waals surface area contributed by atoms with Crippen molar-refractivity contribution in [1.82, 2.24) is 10.8 Å². The minimum Gasteiger partial charge on any atom is -0.379 e. The predicted octanol–water partition coefficient (Wildman–Crippen LogP) is 1.94. The van der Waals surface area contributed by atoms with E-state index >= 15 is 0 Å². The van der Waals surface area contributed by atoms with E-state index in [-0.39, 0.29) is 5.75 Å². The van der Waals surface area contributed by atoms with Crippen LogP contribution in [-0.2, 0) is 6.18 Å². The monoisotopic (exact) mass is 259 g/mol. The Kier molecular flexibility index (Phi) is 3.59. The van der Waals surface area contributed by atoms with Crippen LogP contribution in [0.2, 0.25) is 0 Å². The molecule has 1 heterocycles. The summed E-state index contributed by atoms with van der Waals surface area (Å²) in [5.41, 5.74) is 1.56. The molecule has 0 unspecified atom stereocenters. The first-order chi connectivity index (χ1) is 8.57. The molecule has 0 atom stereocenters. The van der Waals surface area contributed by atoms with Crippen molar-refractivity contribution in [1.29, 1.82) is 0 Å². The number of alkyl halides is 3. The molecule has 1 aliphatic heterocycles. The van der Waals surface area contributed by atoms with Gasteiger partial charge in [-0.25, -0.2) is 0 Å². The van der Waals surface area contributed by atoms with Gasteiger partial charge < -0.3 is 10.2 Å². The number of nitrogens with one attached hydrogen (secondary N) is 2. The van der Waals surface area contributed by atoms with Gasteiger partial charge in [-0.05, 0) is 18.6 Å². The van der Waals surface area contributed by atoms with E-state index in [2.05, 4.69) is 15.8 Å². The van der Waals surface area contributed by atoms with Crippen LogP contribution in [0.5, 0.6) is 5.75 Å². The first-order valence-corrected chi connectivity index (χ1v) is 5.45. The molecule has 98 valence electrons. The van der Waals surface area contributed by atoms with Crippen molar-refractivity contribution >= 4 is 5.96 Å². The lowest BCUT2D eigenvalue weighted by atomic mass is 10.2. The van der Waals surface area contributed by atoms with Gasteiger partial charge in [-0.3, -0.25) is 4.99 Å². The number of rotatable bonds is 2. The molecule has 0 bridgehead atoms. The van der Waals surface area contributed by atoms with E-state index in [0.717, 1.165) is 19.0 Å². The molecule has 0 saturated carbocycles. The summed E-state index contributed by atoms with van der Waals surface area (Å²) < 4.78 is 38.0. The number of halogens is 3. The number of nitrogens with zero attached hydrogens (tertiary/aromatic N) is 1. The number of hydrogen-bond donors (Lipinski definition) is 2. The zero-order valence-electron chi connectivity index (χ0n) is 9.42. The van der Waals surface area contributed by atoms with Crippen molar-refractivity contribution in [3.63, 3.8) is 0 Å². The third-order valence-corrected chi connectivity index (χ3v) is 2.35. The van der Waals surface area contributed by atoms with Crippen molar-refractivity contribution in [2.24, 2.45) is 4.99 Å². The molecular formula is C11H12F3N3O. The smallest absolute Gasteiger partial charge is 0.379 e. The maximum atomic E-state index is 12.7. The highest BCUT2D eigenvalue weighted by molar-refractivity contribution is 5.79. The maximum Gasteiger partial charge on any atom is 0.420 e. The van der Waals surface area contributed by atoms with Crippen LogP contribution in [0.3, 0.4) is 0 Å². The molecule has 1 aliphatic rings. The molecule has 1 aromatic carbocycles. The number of guanidine groups is 1. The number of hydrogen-bond acceptors (Lipinski definition) is 4. The van der Waals surface area contributed by atoms with E-state index in [1.54, 1.807) is 0 Å². The zero-order valence-corrected chi connectivity index (χ0v) is 9.42.